The van der Waals surface area contributed by atoms with E-state index in [2.05, 4.69) is 22.0 Å². The molecule has 3 heterocycles. The lowest BCUT2D eigenvalue weighted by Gasteiger charge is -2.34. The summed E-state index contributed by atoms with van der Waals surface area (Å²) in [6, 6.07) is 19.0. The normalized spacial score (nSPS) is 19.6. The fourth-order valence-electron chi connectivity index (χ4n) is 6.07. The van der Waals surface area contributed by atoms with E-state index in [0.29, 0.717) is 38.6 Å². The first-order chi connectivity index (χ1) is 19.4. The molecule has 0 spiro atoms. The molecule has 2 aliphatic rings. The van der Waals surface area contributed by atoms with Gasteiger partial charge in [-0.15, -0.1) is 0 Å². The van der Waals surface area contributed by atoms with Crippen LogP contribution in [0.1, 0.15) is 43.7 Å². The van der Waals surface area contributed by atoms with Crippen molar-refractivity contribution in [1.82, 2.24) is 14.8 Å². The first-order valence-electron chi connectivity index (χ1n) is 14.1. The summed E-state index contributed by atoms with van der Waals surface area (Å²) in [4.78, 5) is 39.2. The average Bonchev–Trinajstić information content (AvgIpc) is 3.31. The minimum absolute atomic E-state index is 0.0146. The molecule has 0 N–H and O–H groups in total. The van der Waals surface area contributed by atoms with Crippen LogP contribution in [0.5, 0.6) is 0 Å². The van der Waals surface area contributed by atoms with Crippen LogP contribution in [0, 0.1) is 5.82 Å². The number of anilines is 2. The van der Waals surface area contributed by atoms with Gasteiger partial charge in [0.1, 0.15) is 5.82 Å². The number of carbonyl (C=O) groups excluding carboxylic acids is 2. The Morgan fingerprint density at radius 2 is 1.70 bits per heavy atom. The molecule has 2 unspecified atom stereocenters. The Labute approximate surface area is 236 Å². The summed E-state index contributed by atoms with van der Waals surface area (Å²) in [5.41, 5.74) is 3.94. The molecule has 0 saturated carbocycles. The fourth-order valence-corrected chi connectivity index (χ4v) is 6.07. The van der Waals surface area contributed by atoms with E-state index in [1.165, 1.54) is 17.7 Å². The quantitative estimate of drug-likeness (QED) is 0.444. The van der Waals surface area contributed by atoms with Gasteiger partial charge in [-0.25, -0.2) is 4.39 Å². The van der Waals surface area contributed by atoms with Gasteiger partial charge in [0.25, 0.3) is 0 Å². The summed E-state index contributed by atoms with van der Waals surface area (Å²) >= 11 is 0. The van der Waals surface area contributed by atoms with Gasteiger partial charge < -0.3 is 14.7 Å². The maximum absolute atomic E-state index is 13.8. The largest absolute Gasteiger partial charge is 0.374 e. The molecule has 2 aromatic carbocycles. The van der Waals surface area contributed by atoms with Gasteiger partial charge in [0.05, 0.1) is 0 Å². The van der Waals surface area contributed by atoms with Crippen LogP contribution < -0.4 is 9.80 Å². The third kappa shape index (κ3) is 6.50. The summed E-state index contributed by atoms with van der Waals surface area (Å²) in [6.45, 7) is 4.67. The number of benzene rings is 2. The van der Waals surface area contributed by atoms with E-state index in [1.54, 1.807) is 19.1 Å². The number of nitrogens with zero attached hydrogens (tertiary/aromatic N) is 5. The molecule has 210 valence electrons. The number of hydrogen-bond acceptors (Lipinski definition) is 5. The molecule has 0 radical (unpaired) electrons. The third-order valence-corrected chi connectivity index (χ3v) is 8.31. The maximum atomic E-state index is 13.8. The third-order valence-electron chi connectivity index (χ3n) is 8.31. The van der Waals surface area contributed by atoms with Gasteiger partial charge in [-0.1, -0.05) is 18.2 Å². The molecule has 2 atom stereocenters. The van der Waals surface area contributed by atoms with Gasteiger partial charge in [0.2, 0.25) is 11.8 Å². The van der Waals surface area contributed by atoms with Gasteiger partial charge >= 0.3 is 0 Å². The molecular weight excluding hydrogens is 505 g/mol. The molecule has 3 aromatic rings. The number of para-hydroxylation sites is 1. The van der Waals surface area contributed by atoms with E-state index in [0.717, 1.165) is 42.7 Å². The van der Waals surface area contributed by atoms with Crippen molar-refractivity contribution in [2.75, 3.05) is 36.5 Å². The van der Waals surface area contributed by atoms with Crippen molar-refractivity contribution in [1.29, 1.82) is 0 Å². The van der Waals surface area contributed by atoms with Crippen LogP contribution in [0.15, 0.2) is 73.1 Å². The Kier molecular flexibility index (Phi) is 8.75. The lowest BCUT2D eigenvalue weighted by molar-refractivity contribution is -0.132. The molecule has 1 aromatic heterocycles. The Morgan fingerprint density at radius 1 is 0.975 bits per heavy atom. The molecule has 2 aliphatic heterocycles. The lowest BCUT2D eigenvalue weighted by Crippen LogP contribution is -2.45. The average molecular weight is 544 g/mol. The van der Waals surface area contributed by atoms with E-state index < -0.39 is 0 Å². The molecule has 8 heteroatoms. The van der Waals surface area contributed by atoms with E-state index >= 15 is 0 Å². The number of pyridine rings is 1. The summed E-state index contributed by atoms with van der Waals surface area (Å²) in [7, 11) is 1.92. The smallest absolute Gasteiger partial charge is 0.224 e. The van der Waals surface area contributed by atoms with Gasteiger partial charge in [-0.2, -0.15) is 0 Å². The second-order valence-corrected chi connectivity index (χ2v) is 10.9. The zero-order valence-corrected chi connectivity index (χ0v) is 23.4. The molecule has 2 amide bonds. The van der Waals surface area contributed by atoms with E-state index in [1.807, 2.05) is 58.4 Å². The zero-order valence-electron chi connectivity index (χ0n) is 23.4. The number of rotatable bonds is 6. The molecule has 40 heavy (non-hydrogen) atoms. The molecule has 1 saturated heterocycles. The topological polar surface area (TPSA) is 60.0 Å². The van der Waals surface area contributed by atoms with Crippen LogP contribution in [-0.2, 0) is 22.7 Å². The lowest BCUT2D eigenvalue weighted by atomic mass is 10.1. The molecule has 5 rings (SSSR count). The highest BCUT2D eigenvalue weighted by molar-refractivity contribution is 5.92. The predicted molar refractivity (Wildman–Crippen MR) is 155 cm³/mol. The van der Waals surface area contributed by atoms with Crippen molar-refractivity contribution >= 4 is 23.2 Å². The van der Waals surface area contributed by atoms with Gasteiger partial charge in [0.15, 0.2) is 0 Å². The summed E-state index contributed by atoms with van der Waals surface area (Å²) < 4.78 is 13.4. The predicted octanol–water partition coefficient (Wildman–Crippen LogP) is 4.87. The van der Waals surface area contributed by atoms with E-state index in [9.17, 15) is 14.0 Å². The standard InChI is InChI=1S/C32H38FN5O2/c1-24(39)37-20-15-29-11-12-30(38(29)21-25-13-17-34-18-14-25)23-36(22-26-5-3-4-6-31(26)37)32(40)16-19-35(2)28-9-7-27(33)8-10-28/h3-10,13-14,17-18,29-30H,11-12,15-16,19-23H2,1-2H3. The van der Waals surface area contributed by atoms with Crippen molar-refractivity contribution < 1.29 is 14.0 Å². The minimum atomic E-state index is -0.277. The monoisotopic (exact) mass is 543 g/mol. The van der Waals surface area contributed by atoms with Crippen molar-refractivity contribution in [3.8, 4) is 0 Å². The number of fused-ring (bicyclic) bond motifs is 3. The first-order valence-corrected chi connectivity index (χ1v) is 14.1. The van der Waals surface area contributed by atoms with Crippen LogP contribution in [0.4, 0.5) is 15.8 Å². The number of amides is 2. The second kappa shape index (κ2) is 12.6. The Hall–Kier alpha value is -3.78. The summed E-state index contributed by atoms with van der Waals surface area (Å²) in [5, 5.41) is 0. The SMILES string of the molecule is CC(=O)N1CCC2CCC(CN(C(=O)CCN(C)c3ccc(F)cc3)Cc3ccccc31)N2Cc1ccncc1. The Bertz CT molecular complexity index is 1300. The zero-order chi connectivity index (χ0) is 28.1. The highest BCUT2D eigenvalue weighted by Gasteiger charge is 2.36. The highest BCUT2D eigenvalue weighted by Crippen LogP contribution is 2.32. The van der Waals surface area contributed by atoms with Crippen molar-refractivity contribution in [2.24, 2.45) is 0 Å². The number of halogens is 1. The first kappa shape index (κ1) is 27.8. The van der Waals surface area contributed by atoms with Gasteiger partial charge in [0, 0.05) is 89.0 Å². The summed E-state index contributed by atoms with van der Waals surface area (Å²) in [5.74, 6) is -0.188. The minimum Gasteiger partial charge on any atom is -0.374 e. The Balaban J connectivity index is 1.41. The fraction of sp³-hybridized carbons (Fsp3) is 0.406. The molecule has 2 bridgehead atoms. The van der Waals surface area contributed by atoms with Crippen molar-refractivity contribution in [3.63, 3.8) is 0 Å². The van der Waals surface area contributed by atoms with Crippen LogP contribution in [0.3, 0.4) is 0 Å². The van der Waals surface area contributed by atoms with E-state index in [-0.39, 0.29) is 23.7 Å². The molecule has 0 aliphatic carbocycles. The number of carbonyl (C=O) groups is 2. The number of hydrogen-bond donors (Lipinski definition) is 0. The molecular formula is C32H38FN5O2. The summed E-state index contributed by atoms with van der Waals surface area (Å²) in [6.07, 6.45) is 6.92. The van der Waals surface area contributed by atoms with Crippen LogP contribution in [-0.4, -0.2) is 65.4 Å². The second-order valence-electron chi connectivity index (χ2n) is 10.9. The van der Waals surface area contributed by atoms with Crippen molar-refractivity contribution in [2.45, 2.75) is 57.8 Å². The maximum Gasteiger partial charge on any atom is 0.224 e. The van der Waals surface area contributed by atoms with Crippen LogP contribution >= 0.6 is 0 Å². The number of aromatic nitrogens is 1. The molecule has 7 nitrogen and oxygen atoms in total. The van der Waals surface area contributed by atoms with Gasteiger partial charge in [-0.3, -0.25) is 19.5 Å². The van der Waals surface area contributed by atoms with Crippen LogP contribution in [0.25, 0.3) is 0 Å². The van der Waals surface area contributed by atoms with Crippen LogP contribution in [0.2, 0.25) is 0 Å². The van der Waals surface area contributed by atoms with Gasteiger partial charge in [-0.05, 0) is 72.9 Å². The van der Waals surface area contributed by atoms with Crippen molar-refractivity contribution in [3.05, 3.63) is 90.0 Å². The molecule has 1 fully saturated rings. The highest BCUT2D eigenvalue weighted by atomic mass is 19.1. The van der Waals surface area contributed by atoms with E-state index in [4.69, 9.17) is 0 Å². The Morgan fingerprint density at radius 3 is 2.45 bits per heavy atom.